The number of ether oxygens (including phenoxy) is 1. The summed E-state index contributed by atoms with van der Waals surface area (Å²) in [6.45, 7) is 0.249. The number of nitriles is 1. The molecule has 0 aromatic heterocycles. The number of nitrogens with zero attached hydrogens (tertiary/aromatic N) is 2. The number of amides is 1. The van der Waals surface area contributed by atoms with Crippen molar-refractivity contribution in [2.45, 2.75) is 12.6 Å². The quantitative estimate of drug-likeness (QED) is 0.805. The van der Waals surface area contributed by atoms with E-state index in [1.54, 1.807) is 11.8 Å². The van der Waals surface area contributed by atoms with E-state index in [-0.39, 0.29) is 12.6 Å². The van der Waals surface area contributed by atoms with Gasteiger partial charge in [0.15, 0.2) is 0 Å². The second-order valence-electron chi connectivity index (χ2n) is 3.65. The minimum absolute atomic E-state index is 0.249. The Morgan fingerprint density at radius 1 is 1.53 bits per heavy atom. The van der Waals surface area contributed by atoms with Gasteiger partial charge < -0.3 is 4.74 Å². The highest BCUT2D eigenvalue weighted by Crippen LogP contribution is 2.21. The Labute approximate surface area is 104 Å². The number of thioether (sulfide) groups is 1. The molecule has 5 heteroatoms. The van der Waals surface area contributed by atoms with E-state index >= 15 is 0 Å². The van der Waals surface area contributed by atoms with Gasteiger partial charge >= 0.3 is 6.09 Å². The van der Waals surface area contributed by atoms with Crippen LogP contribution in [0.1, 0.15) is 5.56 Å². The van der Waals surface area contributed by atoms with Crippen molar-refractivity contribution in [1.82, 2.24) is 4.90 Å². The maximum Gasteiger partial charge on any atom is 0.411 e. The van der Waals surface area contributed by atoms with Gasteiger partial charge in [-0.1, -0.05) is 30.3 Å². The number of rotatable bonds is 2. The molecule has 1 fully saturated rings. The minimum atomic E-state index is -0.412. The molecule has 1 atom stereocenters. The number of hydrogen-bond donors (Lipinski definition) is 0. The van der Waals surface area contributed by atoms with Crippen LogP contribution in [0.2, 0.25) is 0 Å². The Morgan fingerprint density at radius 3 is 3.00 bits per heavy atom. The van der Waals surface area contributed by atoms with Gasteiger partial charge in [0, 0.05) is 5.75 Å². The number of carbonyl (C=O) groups is 1. The van der Waals surface area contributed by atoms with Crippen LogP contribution in [0.3, 0.4) is 0 Å². The Bertz CT molecular complexity index is 430. The van der Waals surface area contributed by atoms with Crippen LogP contribution in [-0.2, 0) is 11.3 Å². The lowest BCUT2D eigenvalue weighted by Gasteiger charge is -2.17. The fraction of sp³-hybridized carbons (Fsp3) is 0.333. The van der Waals surface area contributed by atoms with E-state index in [1.807, 2.05) is 30.3 Å². The molecular weight excluding hydrogens is 236 g/mol. The predicted molar refractivity (Wildman–Crippen MR) is 65.2 cm³/mol. The Kier molecular flexibility index (Phi) is 3.89. The summed E-state index contributed by atoms with van der Waals surface area (Å²) in [4.78, 5) is 13.2. The molecule has 17 heavy (non-hydrogen) atoms. The second kappa shape index (κ2) is 5.60. The fourth-order valence-corrected chi connectivity index (χ4v) is 2.60. The lowest BCUT2D eigenvalue weighted by atomic mass is 10.2. The molecule has 0 aliphatic carbocycles. The summed E-state index contributed by atoms with van der Waals surface area (Å²) in [6, 6.07) is 11.2. The molecule has 0 spiro atoms. The summed E-state index contributed by atoms with van der Waals surface area (Å²) < 4.78 is 5.17. The van der Waals surface area contributed by atoms with Crippen LogP contribution in [0.25, 0.3) is 0 Å². The molecule has 1 aromatic rings. The number of carbonyl (C=O) groups excluding carboxylic acids is 1. The van der Waals surface area contributed by atoms with Crippen molar-refractivity contribution < 1.29 is 9.53 Å². The van der Waals surface area contributed by atoms with Crippen molar-refractivity contribution in [2.24, 2.45) is 0 Å². The van der Waals surface area contributed by atoms with Gasteiger partial charge in [-0.3, -0.25) is 4.90 Å². The summed E-state index contributed by atoms with van der Waals surface area (Å²) in [7, 11) is 0. The molecule has 2 rings (SSSR count). The molecule has 1 amide bonds. The largest absolute Gasteiger partial charge is 0.444 e. The average Bonchev–Trinajstić information content (AvgIpc) is 2.85. The van der Waals surface area contributed by atoms with Crippen LogP contribution >= 0.6 is 11.8 Å². The zero-order chi connectivity index (χ0) is 12.1. The van der Waals surface area contributed by atoms with Crippen molar-refractivity contribution >= 4 is 17.9 Å². The summed E-state index contributed by atoms with van der Waals surface area (Å²) in [6.07, 6.45) is -0.412. The smallest absolute Gasteiger partial charge is 0.411 e. The maximum absolute atomic E-state index is 11.7. The third-order valence-corrected chi connectivity index (χ3v) is 3.48. The minimum Gasteiger partial charge on any atom is -0.444 e. The van der Waals surface area contributed by atoms with Crippen molar-refractivity contribution in [2.75, 3.05) is 11.6 Å². The van der Waals surface area contributed by atoms with E-state index in [4.69, 9.17) is 10.00 Å². The highest BCUT2D eigenvalue weighted by Gasteiger charge is 2.30. The molecule has 1 heterocycles. The van der Waals surface area contributed by atoms with Crippen molar-refractivity contribution in [3.05, 3.63) is 35.9 Å². The lowest BCUT2D eigenvalue weighted by Crippen LogP contribution is -2.35. The van der Waals surface area contributed by atoms with Crippen molar-refractivity contribution in [1.29, 1.82) is 5.26 Å². The molecule has 0 N–H and O–H groups in total. The monoisotopic (exact) mass is 248 g/mol. The zero-order valence-corrected chi connectivity index (χ0v) is 10.0. The Balaban J connectivity index is 1.88. The fourth-order valence-electron chi connectivity index (χ4n) is 1.53. The zero-order valence-electron chi connectivity index (χ0n) is 9.20. The lowest BCUT2D eigenvalue weighted by molar-refractivity contribution is 0.100. The third kappa shape index (κ3) is 2.92. The first kappa shape index (κ1) is 11.8. The Morgan fingerprint density at radius 2 is 2.29 bits per heavy atom. The molecule has 0 bridgehead atoms. The van der Waals surface area contributed by atoms with Gasteiger partial charge in [-0.15, -0.1) is 11.8 Å². The molecule has 0 radical (unpaired) electrons. The molecule has 88 valence electrons. The van der Waals surface area contributed by atoms with Crippen LogP contribution in [-0.4, -0.2) is 28.7 Å². The van der Waals surface area contributed by atoms with Gasteiger partial charge in [0.05, 0.1) is 11.9 Å². The summed E-state index contributed by atoms with van der Waals surface area (Å²) in [5.41, 5.74) is 0.946. The van der Waals surface area contributed by atoms with E-state index < -0.39 is 6.09 Å². The predicted octanol–water partition coefficient (Wildman–Crippen LogP) is 2.22. The SMILES string of the molecule is N#C[C@@H]1CSCN1C(=O)OCc1ccccc1. The second-order valence-corrected chi connectivity index (χ2v) is 4.65. The number of hydrogen-bond acceptors (Lipinski definition) is 4. The topological polar surface area (TPSA) is 53.3 Å². The highest BCUT2D eigenvalue weighted by molar-refractivity contribution is 7.99. The highest BCUT2D eigenvalue weighted by atomic mass is 32.2. The summed E-state index contributed by atoms with van der Waals surface area (Å²) >= 11 is 1.57. The molecular formula is C12H12N2O2S. The van der Waals surface area contributed by atoms with Gasteiger partial charge in [0.2, 0.25) is 0 Å². The van der Waals surface area contributed by atoms with Crippen LogP contribution < -0.4 is 0 Å². The molecule has 1 aliphatic rings. The van der Waals surface area contributed by atoms with Gasteiger partial charge in [-0.25, -0.2) is 4.79 Å². The maximum atomic E-state index is 11.7. The van der Waals surface area contributed by atoms with E-state index in [1.165, 1.54) is 4.90 Å². The van der Waals surface area contributed by atoms with E-state index in [0.717, 1.165) is 5.56 Å². The third-order valence-electron chi connectivity index (χ3n) is 2.47. The first-order valence-electron chi connectivity index (χ1n) is 5.26. The van der Waals surface area contributed by atoms with Crippen LogP contribution in [0.4, 0.5) is 4.79 Å². The van der Waals surface area contributed by atoms with Crippen LogP contribution in [0.15, 0.2) is 30.3 Å². The number of benzene rings is 1. The molecule has 0 saturated carbocycles. The summed E-state index contributed by atoms with van der Waals surface area (Å²) in [5.74, 6) is 1.20. The molecule has 1 aliphatic heterocycles. The van der Waals surface area contributed by atoms with Crippen LogP contribution in [0, 0.1) is 11.3 Å². The normalized spacial score (nSPS) is 18.8. The average molecular weight is 248 g/mol. The van der Waals surface area contributed by atoms with Gasteiger partial charge in [-0.05, 0) is 5.56 Å². The van der Waals surface area contributed by atoms with Gasteiger partial charge in [-0.2, -0.15) is 5.26 Å². The molecule has 0 unspecified atom stereocenters. The van der Waals surface area contributed by atoms with Gasteiger partial charge in [0.1, 0.15) is 12.6 Å². The van der Waals surface area contributed by atoms with E-state index in [0.29, 0.717) is 11.6 Å². The first-order valence-corrected chi connectivity index (χ1v) is 6.41. The van der Waals surface area contributed by atoms with Gasteiger partial charge in [0.25, 0.3) is 0 Å². The van der Waals surface area contributed by atoms with E-state index in [2.05, 4.69) is 6.07 Å². The molecule has 4 nitrogen and oxygen atoms in total. The first-order chi connectivity index (χ1) is 8.31. The Hall–Kier alpha value is -1.67. The molecule has 1 saturated heterocycles. The standard InChI is InChI=1S/C12H12N2O2S/c13-6-11-8-17-9-14(11)12(15)16-7-10-4-2-1-3-5-10/h1-5,11H,7-9H2/t11-/m1/s1. The summed E-state index contributed by atoms with van der Waals surface area (Å²) in [5, 5.41) is 8.86. The van der Waals surface area contributed by atoms with Crippen molar-refractivity contribution in [3.63, 3.8) is 0 Å². The molecule has 1 aromatic carbocycles. The van der Waals surface area contributed by atoms with E-state index in [9.17, 15) is 4.79 Å². The van der Waals surface area contributed by atoms with Crippen LogP contribution in [0.5, 0.6) is 0 Å². The van der Waals surface area contributed by atoms with Crippen molar-refractivity contribution in [3.8, 4) is 6.07 Å².